The van der Waals surface area contributed by atoms with Crippen LogP contribution < -0.4 is 0 Å². The van der Waals surface area contributed by atoms with E-state index in [1.54, 1.807) is 6.07 Å². The van der Waals surface area contributed by atoms with Crippen molar-refractivity contribution in [3.05, 3.63) is 34.6 Å². The zero-order valence-corrected chi connectivity index (χ0v) is 10.5. The van der Waals surface area contributed by atoms with Crippen LogP contribution in [0.1, 0.15) is 32.3 Å². The second-order valence-electron chi connectivity index (χ2n) is 4.44. The van der Waals surface area contributed by atoms with Gasteiger partial charge >= 0.3 is 0 Å². The van der Waals surface area contributed by atoms with Crippen molar-refractivity contribution in [2.24, 2.45) is 5.92 Å². The molecule has 0 aliphatic rings. The Kier molecular flexibility index (Phi) is 5.23. The molecule has 1 aromatic carbocycles. The molecule has 0 amide bonds. The van der Waals surface area contributed by atoms with E-state index < -0.39 is 0 Å². The van der Waals surface area contributed by atoms with Crippen LogP contribution in [-0.4, -0.2) is 11.2 Å². The van der Waals surface area contributed by atoms with Crippen molar-refractivity contribution >= 4 is 11.6 Å². The summed E-state index contributed by atoms with van der Waals surface area (Å²) in [5.74, 6) is 0.00629. The quantitative estimate of drug-likeness (QED) is 0.835. The highest BCUT2D eigenvalue weighted by molar-refractivity contribution is 6.31. The summed E-state index contributed by atoms with van der Waals surface area (Å²) in [6, 6.07) is 4.39. The molecule has 0 heterocycles. The Morgan fingerprint density at radius 1 is 1.38 bits per heavy atom. The van der Waals surface area contributed by atoms with Gasteiger partial charge in [0, 0.05) is 5.02 Å². The second kappa shape index (κ2) is 6.21. The minimum absolute atomic E-state index is 0.260. The van der Waals surface area contributed by atoms with E-state index in [1.807, 2.05) is 13.8 Å². The minimum Gasteiger partial charge on any atom is -0.393 e. The fourth-order valence-electron chi connectivity index (χ4n) is 1.57. The maximum atomic E-state index is 13.0. The maximum absolute atomic E-state index is 13.0. The Morgan fingerprint density at radius 2 is 2.06 bits per heavy atom. The molecule has 0 bridgehead atoms. The predicted octanol–water partition coefficient (Wildman–Crippen LogP) is 3.82. The van der Waals surface area contributed by atoms with Gasteiger partial charge in [0.15, 0.2) is 0 Å². The molecular formula is C13H18ClFO. The summed E-state index contributed by atoms with van der Waals surface area (Å²) >= 11 is 5.94. The molecule has 1 unspecified atom stereocenters. The summed E-state index contributed by atoms with van der Waals surface area (Å²) < 4.78 is 13.0. The highest BCUT2D eigenvalue weighted by Gasteiger charge is 2.09. The topological polar surface area (TPSA) is 20.2 Å². The van der Waals surface area contributed by atoms with Crippen LogP contribution >= 0.6 is 11.6 Å². The molecule has 90 valence electrons. The van der Waals surface area contributed by atoms with Crippen LogP contribution in [-0.2, 0) is 6.42 Å². The Labute approximate surface area is 101 Å². The van der Waals surface area contributed by atoms with Gasteiger partial charge in [-0.3, -0.25) is 0 Å². The van der Waals surface area contributed by atoms with Crippen LogP contribution in [0.15, 0.2) is 18.2 Å². The van der Waals surface area contributed by atoms with Gasteiger partial charge in [-0.1, -0.05) is 25.4 Å². The lowest BCUT2D eigenvalue weighted by atomic mass is 9.99. The van der Waals surface area contributed by atoms with Crippen molar-refractivity contribution in [3.8, 4) is 0 Å². The van der Waals surface area contributed by atoms with Gasteiger partial charge in [-0.05, 0) is 48.9 Å². The zero-order valence-electron chi connectivity index (χ0n) is 9.71. The van der Waals surface area contributed by atoms with Gasteiger partial charge in [0.05, 0.1) is 6.10 Å². The molecule has 16 heavy (non-hydrogen) atoms. The van der Waals surface area contributed by atoms with Crippen LogP contribution in [0.25, 0.3) is 0 Å². The molecular weight excluding hydrogens is 227 g/mol. The molecule has 1 nitrogen and oxygen atoms in total. The molecule has 1 atom stereocenters. The number of aliphatic hydroxyl groups excluding tert-OH is 1. The average molecular weight is 245 g/mol. The predicted molar refractivity (Wildman–Crippen MR) is 65.2 cm³/mol. The van der Waals surface area contributed by atoms with Crippen molar-refractivity contribution in [2.75, 3.05) is 0 Å². The maximum Gasteiger partial charge on any atom is 0.123 e. The van der Waals surface area contributed by atoms with Crippen molar-refractivity contribution < 1.29 is 9.50 Å². The van der Waals surface area contributed by atoms with E-state index in [-0.39, 0.29) is 17.8 Å². The summed E-state index contributed by atoms with van der Waals surface area (Å²) in [6.07, 6.45) is 1.97. The third kappa shape index (κ3) is 4.11. The first kappa shape index (κ1) is 13.5. The summed E-state index contributed by atoms with van der Waals surface area (Å²) in [4.78, 5) is 0. The number of aryl methyl sites for hydroxylation is 1. The lowest BCUT2D eigenvalue weighted by Gasteiger charge is -2.14. The number of rotatable bonds is 5. The summed E-state index contributed by atoms with van der Waals surface area (Å²) in [7, 11) is 0. The fourth-order valence-corrected chi connectivity index (χ4v) is 1.78. The standard InChI is InChI=1S/C13H18ClFO/c1-9(2)13(16)5-3-4-10-8-11(15)6-7-12(10)14/h6-9,13,16H,3-5H2,1-2H3. The number of halogens is 2. The van der Waals surface area contributed by atoms with Gasteiger partial charge in [0.25, 0.3) is 0 Å². The van der Waals surface area contributed by atoms with E-state index in [0.29, 0.717) is 11.4 Å². The molecule has 0 radical (unpaired) electrons. The van der Waals surface area contributed by atoms with E-state index in [4.69, 9.17) is 11.6 Å². The minimum atomic E-state index is -0.285. The molecule has 1 rings (SSSR count). The van der Waals surface area contributed by atoms with Gasteiger partial charge < -0.3 is 5.11 Å². The van der Waals surface area contributed by atoms with Crippen LogP contribution in [0.5, 0.6) is 0 Å². The Balaban J connectivity index is 2.45. The van der Waals surface area contributed by atoms with E-state index in [1.165, 1.54) is 12.1 Å². The highest BCUT2D eigenvalue weighted by Crippen LogP contribution is 2.20. The number of hydrogen-bond donors (Lipinski definition) is 1. The van der Waals surface area contributed by atoms with Crippen molar-refractivity contribution in [1.29, 1.82) is 0 Å². The van der Waals surface area contributed by atoms with E-state index in [0.717, 1.165) is 18.4 Å². The molecule has 0 aliphatic carbocycles. The largest absolute Gasteiger partial charge is 0.393 e. The second-order valence-corrected chi connectivity index (χ2v) is 4.85. The SMILES string of the molecule is CC(C)C(O)CCCc1cc(F)ccc1Cl. The van der Waals surface area contributed by atoms with Crippen LogP contribution in [0.3, 0.4) is 0 Å². The van der Waals surface area contributed by atoms with Crippen LogP contribution in [0.4, 0.5) is 4.39 Å². The van der Waals surface area contributed by atoms with Crippen LogP contribution in [0.2, 0.25) is 5.02 Å². The molecule has 0 aromatic heterocycles. The van der Waals surface area contributed by atoms with Crippen LogP contribution in [0, 0.1) is 11.7 Å². The van der Waals surface area contributed by atoms with E-state index >= 15 is 0 Å². The molecule has 0 spiro atoms. The normalized spacial score (nSPS) is 13.1. The van der Waals surface area contributed by atoms with Gasteiger partial charge in [0.2, 0.25) is 0 Å². The van der Waals surface area contributed by atoms with Gasteiger partial charge in [0.1, 0.15) is 5.82 Å². The summed E-state index contributed by atoms with van der Waals surface area (Å²) in [5, 5.41) is 10.2. The Bertz CT molecular complexity index is 339. The molecule has 0 aliphatic heterocycles. The van der Waals surface area contributed by atoms with Crippen molar-refractivity contribution in [3.63, 3.8) is 0 Å². The molecule has 0 fully saturated rings. The first-order chi connectivity index (χ1) is 7.50. The number of benzene rings is 1. The molecule has 0 saturated heterocycles. The number of aliphatic hydroxyl groups is 1. The van der Waals surface area contributed by atoms with Gasteiger partial charge in [-0.2, -0.15) is 0 Å². The third-order valence-electron chi connectivity index (χ3n) is 2.72. The lowest BCUT2D eigenvalue weighted by Crippen LogP contribution is -2.14. The Morgan fingerprint density at radius 3 is 2.69 bits per heavy atom. The highest BCUT2D eigenvalue weighted by atomic mass is 35.5. The smallest absolute Gasteiger partial charge is 0.123 e. The first-order valence-corrected chi connectivity index (χ1v) is 6.00. The first-order valence-electron chi connectivity index (χ1n) is 5.62. The van der Waals surface area contributed by atoms with E-state index in [2.05, 4.69) is 0 Å². The summed E-state index contributed by atoms with van der Waals surface area (Å²) in [5.41, 5.74) is 0.817. The van der Waals surface area contributed by atoms with Gasteiger partial charge in [-0.25, -0.2) is 4.39 Å². The van der Waals surface area contributed by atoms with Crippen molar-refractivity contribution in [2.45, 2.75) is 39.2 Å². The fraction of sp³-hybridized carbons (Fsp3) is 0.538. The third-order valence-corrected chi connectivity index (χ3v) is 3.09. The molecule has 0 saturated carbocycles. The van der Waals surface area contributed by atoms with E-state index in [9.17, 15) is 9.50 Å². The monoisotopic (exact) mass is 244 g/mol. The molecule has 3 heteroatoms. The molecule has 1 aromatic rings. The van der Waals surface area contributed by atoms with Gasteiger partial charge in [-0.15, -0.1) is 0 Å². The summed E-state index contributed by atoms with van der Waals surface area (Å²) in [6.45, 7) is 3.97. The average Bonchev–Trinajstić information content (AvgIpc) is 2.22. The number of hydrogen-bond acceptors (Lipinski definition) is 1. The molecule has 1 N–H and O–H groups in total. The zero-order chi connectivity index (χ0) is 12.1. The Hall–Kier alpha value is -0.600. The van der Waals surface area contributed by atoms with Crippen molar-refractivity contribution in [1.82, 2.24) is 0 Å². The lowest BCUT2D eigenvalue weighted by molar-refractivity contribution is 0.114.